The van der Waals surface area contributed by atoms with E-state index in [1.807, 2.05) is 6.07 Å². The van der Waals surface area contributed by atoms with E-state index in [4.69, 9.17) is 5.14 Å². The van der Waals surface area contributed by atoms with Crippen LogP contribution in [0.4, 0.5) is 0 Å². The highest BCUT2D eigenvalue weighted by molar-refractivity contribution is 9.10. The lowest BCUT2D eigenvalue weighted by Crippen LogP contribution is -2.12. The Morgan fingerprint density at radius 3 is 2.58 bits per heavy atom. The van der Waals surface area contributed by atoms with E-state index >= 15 is 0 Å². The molecule has 12 heavy (non-hydrogen) atoms. The van der Waals surface area contributed by atoms with Crippen LogP contribution >= 0.6 is 15.9 Å². The summed E-state index contributed by atoms with van der Waals surface area (Å²) in [5.74, 6) is 0. The molecule has 1 aromatic carbocycles. The van der Waals surface area contributed by atoms with Crippen molar-refractivity contribution in [1.82, 2.24) is 0 Å². The van der Waals surface area contributed by atoms with Crippen molar-refractivity contribution in [2.24, 2.45) is 9.50 Å². The van der Waals surface area contributed by atoms with E-state index in [-0.39, 0.29) is 0 Å². The van der Waals surface area contributed by atoms with Gasteiger partial charge >= 0.3 is 0 Å². The first kappa shape index (κ1) is 9.70. The minimum absolute atomic E-state index is 0.535. The fourth-order valence-electron chi connectivity index (χ4n) is 0.780. The van der Waals surface area contributed by atoms with E-state index in [0.29, 0.717) is 4.90 Å². The van der Waals surface area contributed by atoms with Gasteiger partial charge in [-0.05, 0) is 28.1 Å². The van der Waals surface area contributed by atoms with Gasteiger partial charge < -0.3 is 0 Å². The minimum Gasteiger partial charge on any atom is -0.241 e. The zero-order valence-corrected chi connectivity index (χ0v) is 8.93. The number of halogens is 1. The van der Waals surface area contributed by atoms with Gasteiger partial charge in [0, 0.05) is 11.5 Å². The van der Waals surface area contributed by atoms with E-state index in [0.717, 1.165) is 4.47 Å². The Labute approximate surface area is 80.4 Å². The maximum absolute atomic E-state index is 11.6. The number of benzene rings is 1. The summed E-state index contributed by atoms with van der Waals surface area (Å²) in [4.78, 5) is 0.535. The second kappa shape index (κ2) is 3.55. The minimum atomic E-state index is -2.70. The molecular formula is C7H9BrN2OS. The predicted octanol–water partition coefficient (Wildman–Crippen LogP) is 1.78. The van der Waals surface area contributed by atoms with Crippen molar-refractivity contribution in [3.8, 4) is 0 Å². The summed E-state index contributed by atoms with van der Waals surface area (Å²) in [7, 11) is -1.25. The smallest absolute Gasteiger partial charge is 0.135 e. The van der Waals surface area contributed by atoms with Crippen molar-refractivity contribution in [3.05, 3.63) is 28.7 Å². The summed E-state index contributed by atoms with van der Waals surface area (Å²) in [5, 5.41) is 5.47. The molecular weight excluding hydrogens is 240 g/mol. The summed E-state index contributed by atoms with van der Waals surface area (Å²) >= 11 is 3.25. The molecule has 0 aliphatic heterocycles. The fraction of sp³-hybridized carbons (Fsp3) is 0.143. The molecule has 66 valence electrons. The maximum atomic E-state index is 11.6. The molecule has 5 heteroatoms. The van der Waals surface area contributed by atoms with Crippen LogP contribution in [0.2, 0.25) is 0 Å². The zero-order chi connectivity index (χ0) is 9.19. The predicted molar refractivity (Wildman–Crippen MR) is 53.1 cm³/mol. The number of nitrogens with zero attached hydrogens (tertiary/aromatic N) is 1. The highest BCUT2D eigenvalue weighted by atomic mass is 79.9. The first-order valence-electron chi connectivity index (χ1n) is 3.25. The first-order valence-corrected chi connectivity index (χ1v) is 5.62. The summed E-state index contributed by atoms with van der Waals surface area (Å²) in [6.45, 7) is 0. The lowest BCUT2D eigenvalue weighted by molar-refractivity contribution is 0.677. The van der Waals surface area contributed by atoms with Crippen molar-refractivity contribution >= 4 is 25.8 Å². The second-order valence-electron chi connectivity index (χ2n) is 2.18. The zero-order valence-electron chi connectivity index (χ0n) is 6.53. The normalized spacial score (nSPS) is 15.2. The van der Waals surface area contributed by atoms with E-state index < -0.39 is 9.92 Å². The lowest BCUT2D eigenvalue weighted by Gasteiger charge is -2.04. The van der Waals surface area contributed by atoms with Gasteiger partial charge in [-0.2, -0.15) is 0 Å². The molecule has 0 saturated heterocycles. The topological polar surface area (TPSA) is 55.4 Å². The summed E-state index contributed by atoms with van der Waals surface area (Å²) in [6.07, 6.45) is 0. The Morgan fingerprint density at radius 1 is 1.50 bits per heavy atom. The van der Waals surface area contributed by atoms with Crippen LogP contribution in [-0.4, -0.2) is 11.3 Å². The lowest BCUT2D eigenvalue weighted by atomic mass is 10.4. The third-order valence-electron chi connectivity index (χ3n) is 1.42. The van der Waals surface area contributed by atoms with Crippen LogP contribution in [-0.2, 0) is 9.92 Å². The van der Waals surface area contributed by atoms with Gasteiger partial charge in [-0.15, -0.1) is 0 Å². The largest absolute Gasteiger partial charge is 0.241 e. The molecule has 2 N–H and O–H groups in total. The molecule has 1 aromatic rings. The number of hydrogen-bond donors (Lipinski definition) is 1. The third-order valence-corrected chi connectivity index (χ3v) is 3.91. The number of rotatable bonds is 1. The fourth-order valence-corrected chi connectivity index (χ4v) is 2.58. The van der Waals surface area contributed by atoms with E-state index in [9.17, 15) is 4.21 Å². The molecule has 1 unspecified atom stereocenters. The van der Waals surface area contributed by atoms with Crippen LogP contribution in [0.25, 0.3) is 0 Å². The summed E-state index contributed by atoms with van der Waals surface area (Å²) in [5.41, 5.74) is 0. The highest BCUT2D eigenvalue weighted by Gasteiger charge is 2.07. The Hall–Kier alpha value is -0.390. The van der Waals surface area contributed by atoms with Gasteiger partial charge in [0.25, 0.3) is 0 Å². The molecule has 0 radical (unpaired) electrons. The SMILES string of the molecule is CN=S(N)(=O)c1ccccc1Br. The van der Waals surface area contributed by atoms with Crippen LogP contribution in [0.5, 0.6) is 0 Å². The third kappa shape index (κ3) is 1.85. The summed E-state index contributed by atoms with van der Waals surface area (Å²) in [6, 6.07) is 7.09. The van der Waals surface area contributed by atoms with Crippen LogP contribution in [0, 0.1) is 0 Å². The molecule has 0 aromatic heterocycles. The molecule has 0 aliphatic rings. The quantitative estimate of drug-likeness (QED) is 0.810. The van der Waals surface area contributed by atoms with Crippen LogP contribution < -0.4 is 5.14 Å². The van der Waals surface area contributed by atoms with Gasteiger partial charge in [0.2, 0.25) is 0 Å². The van der Waals surface area contributed by atoms with Gasteiger partial charge in [0.1, 0.15) is 9.92 Å². The average Bonchev–Trinajstić information content (AvgIpc) is 2.05. The Kier molecular flexibility index (Phi) is 2.87. The second-order valence-corrected chi connectivity index (χ2v) is 4.98. The molecule has 1 atom stereocenters. The number of hydrogen-bond acceptors (Lipinski definition) is 2. The van der Waals surface area contributed by atoms with Gasteiger partial charge in [-0.3, -0.25) is 0 Å². The molecule has 0 amide bonds. The first-order chi connectivity index (χ1) is 5.58. The van der Waals surface area contributed by atoms with Gasteiger partial charge in [-0.1, -0.05) is 12.1 Å². The average molecular weight is 249 g/mol. The Balaban J connectivity index is 3.40. The van der Waals surface area contributed by atoms with Crippen molar-refractivity contribution in [3.63, 3.8) is 0 Å². The Morgan fingerprint density at radius 2 is 2.08 bits per heavy atom. The van der Waals surface area contributed by atoms with E-state index in [2.05, 4.69) is 20.3 Å². The molecule has 3 nitrogen and oxygen atoms in total. The number of nitrogens with two attached hydrogens (primary N) is 1. The molecule has 0 bridgehead atoms. The summed E-state index contributed by atoms with van der Waals surface area (Å²) < 4.78 is 15.9. The standard InChI is InChI=1S/C7H9BrN2OS/c1-10-12(9,11)7-5-3-2-4-6(7)8/h2-5H,1H3,(H2,9,10,11). The molecule has 0 spiro atoms. The monoisotopic (exact) mass is 248 g/mol. The molecule has 0 aliphatic carbocycles. The molecule has 0 saturated carbocycles. The molecule has 0 heterocycles. The van der Waals surface area contributed by atoms with Crippen molar-refractivity contribution in [2.75, 3.05) is 7.05 Å². The van der Waals surface area contributed by atoms with Crippen molar-refractivity contribution < 1.29 is 4.21 Å². The van der Waals surface area contributed by atoms with Crippen LogP contribution in [0.15, 0.2) is 38.0 Å². The van der Waals surface area contributed by atoms with Crippen LogP contribution in [0.3, 0.4) is 0 Å². The maximum Gasteiger partial charge on any atom is 0.135 e. The van der Waals surface area contributed by atoms with Gasteiger partial charge in [-0.25, -0.2) is 13.7 Å². The van der Waals surface area contributed by atoms with Gasteiger partial charge in [0.15, 0.2) is 0 Å². The Bertz CT molecular complexity index is 396. The van der Waals surface area contributed by atoms with E-state index in [1.165, 1.54) is 7.05 Å². The van der Waals surface area contributed by atoms with Gasteiger partial charge in [0.05, 0.1) is 4.90 Å². The van der Waals surface area contributed by atoms with Crippen LogP contribution in [0.1, 0.15) is 0 Å². The molecule has 1 rings (SSSR count). The van der Waals surface area contributed by atoms with Crippen molar-refractivity contribution in [2.45, 2.75) is 4.90 Å². The highest BCUT2D eigenvalue weighted by Crippen LogP contribution is 2.20. The van der Waals surface area contributed by atoms with E-state index in [1.54, 1.807) is 18.2 Å². The molecule has 0 fully saturated rings. The van der Waals surface area contributed by atoms with Crippen molar-refractivity contribution in [1.29, 1.82) is 0 Å².